The molecule has 1 amide bonds. The van der Waals surface area contributed by atoms with E-state index in [4.69, 9.17) is 16.9 Å². The maximum Gasteiger partial charge on any atom is 0.221 e. The molecule has 1 fully saturated rings. The number of nitrogens with one attached hydrogen (secondary N) is 2. The van der Waals surface area contributed by atoms with Gasteiger partial charge in [-0.05, 0) is 31.0 Å². The lowest BCUT2D eigenvalue weighted by atomic mass is 10.2. The summed E-state index contributed by atoms with van der Waals surface area (Å²) in [4.78, 5) is 11.7. The number of hydrogen-bond acceptors (Lipinski definition) is 3. The van der Waals surface area contributed by atoms with E-state index in [2.05, 4.69) is 10.6 Å². The van der Waals surface area contributed by atoms with Crippen molar-refractivity contribution in [2.45, 2.75) is 38.1 Å². The number of amides is 1. The Morgan fingerprint density at radius 1 is 1.40 bits per heavy atom. The molecule has 5 heteroatoms. The zero-order valence-electron chi connectivity index (χ0n) is 11.3. The van der Waals surface area contributed by atoms with Crippen molar-refractivity contribution >= 4 is 23.2 Å². The highest BCUT2D eigenvalue weighted by molar-refractivity contribution is 6.32. The van der Waals surface area contributed by atoms with Crippen LogP contribution in [0, 0.1) is 11.3 Å². The highest BCUT2D eigenvalue weighted by atomic mass is 35.5. The molecule has 0 saturated heterocycles. The zero-order chi connectivity index (χ0) is 14.4. The van der Waals surface area contributed by atoms with E-state index in [1.807, 2.05) is 6.07 Å². The summed E-state index contributed by atoms with van der Waals surface area (Å²) < 4.78 is 0. The quantitative estimate of drug-likeness (QED) is 0.876. The normalized spacial score (nSPS) is 14.8. The molecule has 1 aromatic carbocycles. The number of hydrogen-bond donors (Lipinski definition) is 2. The number of nitrogens with zero attached hydrogens (tertiary/aromatic N) is 1. The lowest BCUT2D eigenvalue weighted by molar-refractivity contribution is -0.121. The second-order valence-corrected chi connectivity index (χ2v) is 5.44. The Labute approximate surface area is 124 Å². The van der Waals surface area contributed by atoms with Gasteiger partial charge in [0.2, 0.25) is 5.91 Å². The molecule has 0 spiro atoms. The Kier molecular flexibility index (Phi) is 5.25. The highest BCUT2D eigenvalue weighted by Crippen LogP contribution is 2.20. The van der Waals surface area contributed by atoms with Crippen molar-refractivity contribution < 1.29 is 4.79 Å². The minimum Gasteiger partial charge on any atom is -0.384 e. The summed E-state index contributed by atoms with van der Waals surface area (Å²) in [6.07, 6.45) is 5.07. The molecule has 1 aliphatic carbocycles. The lowest BCUT2D eigenvalue weighted by Gasteiger charge is -2.12. The van der Waals surface area contributed by atoms with Gasteiger partial charge in [0.25, 0.3) is 0 Å². The van der Waals surface area contributed by atoms with Crippen LogP contribution in [0.4, 0.5) is 5.69 Å². The Morgan fingerprint density at radius 3 is 2.80 bits per heavy atom. The minimum absolute atomic E-state index is 0.0872. The lowest BCUT2D eigenvalue weighted by Crippen LogP contribution is -2.33. The van der Waals surface area contributed by atoms with Gasteiger partial charge in [0.05, 0.1) is 10.6 Å². The summed E-state index contributed by atoms with van der Waals surface area (Å²) in [6.45, 7) is 0.556. The number of carbonyl (C=O) groups excluding carboxylic acids is 1. The van der Waals surface area contributed by atoms with E-state index in [0.29, 0.717) is 29.6 Å². The van der Waals surface area contributed by atoms with E-state index < -0.39 is 0 Å². The molecule has 0 bridgehead atoms. The van der Waals surface area contributed by atoms with E-state index in [-0.39, 0.29) is 5.91 Å². The first kappa shape index (κ1) is 14.7. The van der Waals surface area contributed by atoms with Gasteiger partial charge in [-0.3, -0.25) is 4.79 Å². The Morgan fingerprint density at radius 2 is 2.15 bits per heavy atom. The number of benzene rings is 1. The van der Waals surface area contributed by atoms with Gasteiger partial charge in [0.15, 0.2) is 0 Å². The smallest absolute Gasteiger partial charge is 0.221 e. The summed E-state index contributed by atoms with van der Waals surface area (Å²) in [5, 5.41) is 15.4. The molecule has 0 radical (unpaired) electrons. The van der Waals surface area contributed by atoms with Crippen LogP contribution >= 0.6 is 11.6 Å². The predicted octanol–water partition coefficient (Wildman–Crippen LogP) is 3.07. The molecule has 0 aromatic heterocycles. The number of halogens is 1. The summed E-state index contributed by atoms with van der Waals surface area (Å²) >= 11 is 5.94. The standard InChI is InChI=1S/C15H18ClN3O/c16-14-9-13(6-5-11(14)10-17)18-8-7-15(20)19-12-3-1-2-4-12/h5-6,9,12,18H,1-4,7-8H2,(H,19,20). The van der Waals surface area contributed by atoms with E-state index in [0.717, 1.165) is 18.5 Å². The molecule has 0 unspecified atom stereocenters. The van der Waals surface area contributed by atoms with E-state index in [9.17, 15) is 4.79 Å². The number of nitriles is 1. The molecule has 1 aliphatic rings. The van der Waals surface area contributed by atoms with Gasteiger partial charge in [-0.2, -0.15) is 5.26 Å². The summed E-state index contributed by atoms with van der Waals surface area (Å²) in [5.41, 5.74) is 1.28. The van der Waals surface area contributed by atoms with Gasteiger partial charge in [-0.15, -0.1) is 0 Å². The average Bonchev–Trinajstić information content (AvgIpc) is 2.92. The Bertz CT molecular complexity index is 518. The number of anilines is 1. The van der Waals surface area contributed by atoms with Gasteiger partial charge in [-0.1, -0.05) is 24.4 Å². The molecule has 4 nitrogen and oxygen atoms in total. The van der Waals surface area contributed by atoms with Crippen molar-refractivity contribution in [3.63, 3.8) is 0 Å². The molecule has 0 heterocycles. The maximum atomic E-state index is 11.7. The predicted molar refractivity (Wildman–Crippen MR) is 79.7 cm³/mol. The second kappa shape index (κ2) is 7.16. The first-order valence-electron chi connectivity index (χ1n) is 6.92. The maximum absolute atomic E-state index is 11.7. The third kappa shape index (κ3) is 4.14. The fourth-order valence-electron chi connectivity index (χ4n) is 2.41. The van der Waals surface area contributed by atoms with Crippen LogP contribution in [0.2, 0.25) is 5.02 Å². The third-order valence-corrected chi connectivity index (χ3v) is 3.80. The van der Waals surface area contributed by atoms with Crippen LogP contribution in [0.5, 0.6) is 0 Å². The van der Waals surface area contributed by atoms with E-state index >= 15 is 0 Å². The largest absolute Gasteiger partial charge is 0.384 e. The minimum atomic E-state index is 0.0872. The molecule has 0 aliphatic heterocycles. The van der Waals surface area contributed by atoms with Gasteiger partial charge >= 0.3 is 0 Å². The molecule has 20 heavy (non-hydrogen) atoms. The molecular weight excluding hydrogens is 274 g/mol. The van der Waals surface area contributed by atoms with Crippen LogP contribution in [-0.4, -0.2) is 18.5 Å². The topological polar surface area (TPSA) is 64.9 Å². The van der Waals surface area contributed by atoms with Crippen LogP contribution in [0.15, 0.2) is 18.2 Å². The molecular formula is C15H18ClN3O. The SMILES string of the molecule is N#Cc1ccc(NCCC(=O)NC2CCCC2)cc1Cl. The van der Waals surface area contributed by atoms with Crippen molar-refractivity contribution in [3.8, 4) is 6.07 Å². The molecule has 1 saturated carbocycles. The first-order chi connectivity index (χ1) is 9.69. The average molecular weight is 292 g/mol. The van der Waals surface area contributed by atoms with Crippen molar-refractivity contribution in [3.05, 3.63) is 28.8 Å². The van der Waals surface area contributed by atoms with Crippen molar-refractivity contribution in [1.82, 2.24) is 5.32 Å². The van der Waals surface area contributed by atoms with Gasteiger partial charge < -0.3 is 10.6 Å². The first-order valence-corrected chi connectivity index (χ1v) is 7.29. The highest BCUT2D eigenvalue weighted by Gasteiger charge is 2.16. The van der Waals surface area contributed by atoms with Crippen LogP contribution < -0.4 is 10.6 Å². The zero-order valence-corrected chi connectivity index (χ0v) is 12.0. The molecule has 0 atom stereocenters. The van der Waals surface area contributed by atoms with Gasteiger partial charge in [0, 0.05) is 24.7 Å². The molecule has 2 N–H and O–H groups in total. The van der Waals surface area contributed by atoms with E-state index in [1.165, 1.54) is 12.8 Å². The summed E-state index contributed by atoms with van der Waals surface area (Å²) in [6, 6.07) is 7.55. The van der Waals surface area contributed by atoms with Crippen molar-refractivity contribution in [2.75, 3.05) is 11.9 Å². The fraction of sp³-hybridized carbons (Fsp3) is 0.467. The monoisotopic (exact) mass is 291 g/mol. The number of rotatable bonds is 5. The van der Waals surface area contributed by atoms with Crippen LogP contribution in [0.25, 0.3) is 0 Å². The van der Waals surface area contributed by atoms with Gasteiger partial charge in [-0.25, -0.2) is 0 Å². The van der Waals surface area contributed by atoms with Crippen molar-refractivity contribution in [1.29, 1.82) is 5.26 Å². The Balaban J connectivity index is 1.73. The fourth-order valence-corrected chi connectivity index (χ4v) is 2.63. The molecule has 106 valence electrons. The van der Waals surface area contributed by atoms with Gasteiger partial charge in [0.1, 0.15) is 6.07 Å². The van der Waals surface area contributed by atoms with Crippen LogP contribution in [0.3, 0.4) is 0 Å². The molecule has 1 aromatic rings. The van der Waals surface area contributed by atoms with E-state index in [1.54, 1.807) is 18.2 Å². The van der Waals surface area contributed by atoms with Crippen LogP contribution in [-0.2, 0) is 4.79 Å². The number of carbonyl (C=O) groups is 1. The molecule has 2 rings (SSSR count). The third-order valence-electron chi connectivity index (χ3n) is 3.49. The Hall–Kier alpha value is -1.73. The summed E-state index contributed by atoms with van der Waals surface area (Å²) in [7, 11) is 0. The second-order valence-electron chi connectivity index (χ2n) is 5.03. The summed E-state index contributed by atoms with van der Waals surface area (Å²) in [5.74, 6) is 0.0872. The van der Waals surface area contributed by atoms with Crippen LogP contribution in [0.1, 0.15) is 37.7 Å². The van der Waals surface area contributed by atoms with Crippen molar-refractivity contribution in [2.24, 2.45) is 0 Å².